The minimum Gasteiger partial charge on any atom is -0.497 e. The average molecular weight is 353 g/mol. The van der Waals surface area contributed by atoms with Crippen molar-refractivity contribution in [3.8, 4) is 5.75 Å². The molecule has 0 bridgehead atoms. The molecule has 1 aromatic carbocycles. The number of likely N-dealkylation sites (tertiary alicyclic amines) is 1. The fraction of sp³-hybridized carbons (Fsp3) is 0.455. The van der Waals surface area contributed by atoms with Crippen LogP contribution in [0.1, 0.15) is 44.6 Å². The molecule has 4 heteroatoms. The number of hydrogen-bond acceptors (Lipinski definition) is 3. The van der Waals surface area contributed by atoms with Gasteiger partial charge in [0.2, 0.25) is 11.8 Å². The topological polar surface area (TPSA) is 46.6 Å². The lowest BCUT2D eigenvalue weighted by atomic mass is 9.71. The number of fused-ring (bicyclic) bond motifs is 1. The first-order valence-corrected chi connectivity index (χ1v) is 9.47. The maximum absolute atomic E-state index is 13.3. The first kappa shape index (κ1) is 18.4. The van der Waals surface area contributed by atoms with Gasteiger partial charge in [0.1, 0.15) is 5.75 Å². The minimum absolute atomic E-state index is 0.0552. The normalized spacial score (nSPS) is 24.2. The zero-order valence-corrected chi connectivity index (χ0v) is 15.6. The number of nitrogens with zero attached hydrogens (tertiary/aromatic N) is 1. The zero-order valence-electron chi connectivity index (χ0n) is 15.6. The smallest absolute Gasteiger partial charge is 0.240 e. The molecule has 2 unspecified atom stereocenters. The van der Waals surface area contributed by atoms with Crippen molar-refractivity contribution in [2.45, 2.75) is 45.6 Å². The predicted octanol–water partition coefficient (Wildman–Crippen LogP) is 4.26. The van der Waals surface area contributed by atoms with Crippen LogP contribution in [0.15, 0.2) is 48.6 Å². The molecule has 0 aromatic heterocycles. The number of amides is 2. The highest BCUT2D eigenvalue weighted by atomic mass is 16.5. The van der Waals surface area contributed by atoms with Crippen molar-refractivity contribution in [2.24, 2.45) is 11.3 Å². The molecule has 2 atom stereocenters. The van der Waals surface area contributed by atoms with Gasteiger partial charge in [-0.25, -0.2) is 0 Å². The summed E-state index contributed by atoms with van der Waals surface area (Å²) < 4.78 is 5.17. The Balaban J connectivity index is 1.79. The van der Waals surface area contributed by atoms with E-state index >= 15 is 0 Å². The zero-order chi connectivity index (χ0) is 18.6. The summed E-state index contributed by atoms with van der Waals surface area (Å²) in [6.45, 7) is 2.49. The SMILES string of the molecule is CCCCCCC12C=CC=CC1C(=O)N(Cc1ccc(OC)cc1)C2=O. The molecule has 1 aliphatic carbocycles. The second-order valence-corrected chi connectivity index (χ2v) is 7.15. The van der Waals surface area contributed by atoms with Crippen LogP contribution in [-0.2, 0) is 16.1 Å². The van der Waals surface area contributed by atoms with Gasteiger partial charge in [0.05, 0.1) is 25.0 Å². The van der Waals surface area contributed by atoms with Gasteiger partial charge in [-0.2, -0.15) is 0 Å². The van der Waals surface area contributed by atoms with Crippen LogP contribution >= 0.6 is 0 Å². The molecule has 1 aliphatic heterocycles. The number of rotatable bonds is 8. The first-order valence-electron chi connectivity index (χ1n) is 9.47. The monoisotopic (exact) mass is 353 g/mol. The lowest BCUT2D eigenvalue weighted by molar-refractivity contribution is -0.141. The maximum atomic E-state index is 13.3. The number of hydrogen-bond donors (Lipinski definition) is 0. The van der Waals surface area contributed by atoms with E-state index in [1.165, 1.54) is 4.90 Å². The van der Waals surface area contributed by atoms with Gasteiger partial charge in [0.15, 0.2) is 0 Å². The van der Waals surface area contributed by atoms with Crippen LogP contribution in [-0.4, -0.2) is 23.8 Å². The molecule has 1 fully saturated rings. The summed E-state index contributed by atoms with van der Waals surface area (Å²) in [6, 6.07) is 7.52. The number of carbonyl (C=O) groups is 2. The molecule has 3 rings (SSSR count). The van der Waals surface area contributed by atoms with Crippen molar-refractivity contribution >= 4 is 11.8 Å². The lowest BCUT2D eigenvalue weighted by Gasteiger charge is -2.28. The van der Waals surface area contributed by atoms with E-state index in [0.29, 0.717) is 6.54 Å². The highest BCUT2D eigenvalue weighted by Crippen LogP contribution is 2.46. The number of unbranched alkanes of at least 4 members (excludes halogenated alkanes) is 3. The van der Waals surface area contributed by atoms with Crippen LogP contribution in [0.5, 0.6) is 5.75 Å². The Bertz CT molecular complexity index is 719. The molecule has 0 saturated carbocycles. The Kier molecular flexibility index (Phi) is 5.60. The summed E-state index contributed by atoms with van der Waals surface area (Å²) in [7, 11) is 1.62. The van der Waals surface area contributed by atoms with E-state index in [1.807, 2.05) is 48.6 Å². The Morgan fingerprint density at radius 3 is 2.54 bits per heavy atom. The average Bonchev–Trinajstić information content (AvgIpc) is 2.88. The lowest BCUT2D eigenvalue weighted by Crippen LogP contribution is -2.35. The first-order chi connectivity index (χ1) is 12.6. The molecule has 2 aliphatic rings. The maximum Gasteiger partial charge on any atom is 0.240 e. The summed E-state index contributed by atoms with van der Waals surface area (Å²) in [4.78, 5) is 27.7. The van der Waals surface area contributed by atoms with Crippen LogP contribution < -0.4 is 4.74 Å². The molecule has 4 nitrogen and oxygen atoms in total. The van der Waals surface area contributed by atoms with Gasteiger partial charge in [-0.05, 0) is 24.1 Å². The molecule has 1 saturated heterocycles. The van der Waals surface area contributed by atoms with Crippen molar-refractivity contribution in [3.05, 3.63) is 54.1 Å². The van der Waals surface area contributed by atoms with Gasteiger partial charge in [-0.15, -0.1) is 0 Å². The third kappa shape index (κ3) is 3.33. The largest absolute Gasteiger partial charge is 0.497 e. The van der Waals surface area contributed by atoms with E-state index < -0.39 is 5.41 Å². The van der Waals surface area contributed by atoms with Gasteiger partial charge in [-0.1, -0.05) is 69.0 Å². The number of ether oxygens (including phenoxy) is 1. The molecule has 1 heterocycles. The molecule has 26 heavy (non-hydrogen) atoms. The van der Waals surface area contributed by atoms with Crippen LogP contribution in [0.25, 0.3) is 0 Å². The Labute approximate surface area is 155 Å². The van der Waals surface area contributed by atoms with Gasteiger partial charge in [0.25, 0.3) is 0 Å². The predicted molar refractivity (Wildman–Crippen MR) is 102 cm³/mol. The molecule has 1 aromatic rings. The number of allylic oxidation sites excluding steroid dienone is 2. The van der Waals surface area contributed by atoms with E-state index in [9.17, 15) is 9.59 Å². The van der Waals surface area contributed by atoms with E-state index in [1.54, 1.807) is 7.11 Å². The molecule has 0 radical (unpaired) electrons. The fourth-order valence-electron chi connectivity index (χ4n) is 3.96. The summed E-state index contributed by atoms with van der Waals surface area (Å²) in [5, 5.41) is 0. The van der Waals surface area contributed by atoms with Crippen LogP contribution in [0.3, 0.4) is 0 Å². The standard InChI is InChI=1S/C22H27NO3/c1-3-4-5-7-14-22-15-8-6-9-19(22)20(24)23(21(22)25)16-17-10-12-18(26-2)13-11-17/h6,8-13,15,19H,3-5,7,14,16H2,1-2H3. The van der Waals surface area contributed by atoms with Crippen molar-refractivity contribution in [2.75, 3.05) is 7.11 Å². The third-order valence-corrected chi connectivity index (χ3v) is 5.48. The molecule has 2 amide bonds. The van der Waals surface area contributed by atoms with Crippen LogP contribution in [0.2, 0.25) is 0 Å². The number of imide groups is 1. The highest BCUT2D eigenvalue weighted by molar-refractivity contribution is 6.09. The molecule has 0 spiro atoms. The van der Waals surface area contributed by atoms with Crippen molar-refractivity contribution in [3.63, 3.8) is 0 Å². The van der Waals surface area contributed by atoms with Gasteiger partial charge < -0.3 is 4.74 Å². The van der Waals surface area contributed by atoms with E-state index in [0.717, 1.165) is 43.4 Å². The second-order valence-electron chi connectivity index (χ2n) is 7.15. The number of carbonyl (C=O) groups excluding carboxylic acids is 2. The summed E-state index contributed by atoms with van der Waals surface area (Å²) in [5.74, 6) is 0.266. The third-order valence-electron chi connectivity index (χ3n) is 5.48. The second kappa shape index (κ2) is 7.90. The number of benzene rings is 1. The van der Waals surface area contributed by atoms with Gasteiger partial charge in [0, 0.05) is 0 Å². The quantitative estimate of drug-likeness (QED) is 0.518. The Hall–Kier alpha value is -2.36. The minimum atomic E-state index is -0.688. The molecule has 138 valence electrons. The molecular weight excluding hydrogens is 326 g/mol. The summed E-state index contributed by atoms with van der Waals surface area (Å²) in [6.07, 6.45) is 12.8. The van der Waals surface area contributed by atoms with Crippen LogP contribution in [0, 0.1) is 11.3 Å². The Morgan fingerprint density at radius 1 is 1.08 bits per heavy atom. The summed E-state index contributed by atoms with van der Waals surface area (Å²) in [5.41, 5.74) is 0.242. The van der Waals surface area contributed by atoms with Crippen molar-refractivity contribution in [1.29, 1.82) is 0 Å². The van der Waals surface area contributed by atoms with E-state index in [2.05, 4.69) is 6.92 Å². The Morgan fingerprint density at radius 2 is 1.85 bits per heavy atom. The fourth-order valence-corrected chi connectivity index (χ4v) is 3.96. The van der Waals surface area contributed by atoms with Crippen LogP contribution in [0.4, 0.5) is 0 Å². The number of methoxy groups -OCH3 is 1. The van der Waals surface area contributed by atoms with Gasteiger partial charge in [-0.3, -0.25) is 14.5 Å². The van der Waals surface area contributed by atoms with Gasteiger partial charge >= 0.3 is 0 Å². The summed E-state index contributed by atoms with van der Waals surface area (Å²) >= 11 is 0. The van der Waals surface area contributed by atoms with E-state index in [4.69, 9.17) is 4.74 Å². The van der Waals surface area contributed by atoms with E-state index in [-0.39, 0.29) is 17.7 Å². The molecule has 0 N–H and O–H groups in total. The van der Waals surface area contributed by atoms with Crippen molar-refractivity contribution in [1.82, 2.24) is 4.90 Å². The molecular formula is C22H27NO3. The van der Waals surface area contributed by atoms with Crippen molar-refractivity contribution < 1.29 is 14.3 Å². The highest BCUT2D eigenvalue weighted by Gasteiger charge is 2.56.